The summed E-state index contributed by atoms with van der Waals surface area (Å²) in [6, 6.07) is 1.88. The molecule has 5 heteroatoms. The maximum atomic E-state index is 5.57. The van der Waals surface area contributed by atoms with E-state index in [1.54, 1.807) is 6.20 Å². The van der Waals surface area contributed by atoms with Crippen LogP contribution in [0.5, 0.6) is 5.75 Å². The lowest BCUT2D eigenvalue weighted by Crippen LogP contribution is -2.08. The summed E-state index contributed by atoms with van der Waals surface area (Å²) >= 11 is 0. The topological polar surface area (TPSA) is 62.8 Å². The van der Waals surface area contributed by atoms with Crippen molar-refractivity contribution < 1.29 is 4.74 Å². The Balaban J connectivity index is 2.02. The molecule has 0 bridgehead atoms. The monoisotopic (exact) mass is 232 g/mol. The molecule has 5 nitrogen and oxygen atoms in total. The quantitative estimate of drug-likeness (QED) is 0.840. The number of fused-ring (bicyclic) bond motifs is 1. The van der Waals surface area contributed by atoms with E-state index in [2.05, 4.69) is 20.3 Å². The summed E-state index contributed by atoms with van der Waals surface area (Å²) in [6.07, 6.45) is 2.87. The van der Waals surface area contributed by atoms with Gasteiger partial charge in [-0.05, 0) is 19.9 Å². The van der Waals surface area contributed by atoms with E-state index in [1.807, 2.05) is 13.0 Å². The van der Waals surface area contributed by atoms with Crippen LogP contribution in [0.25, 0.3) is 11.2 Å². The maximum absolute atomic E-state index is 5.57. The molecule has 2 aromatic rings. The second kappa shape index (κ2) is 4.33. The van der Waals surface area contributed by atoms with Crippen LogP contribution in [0.2, 0.25) is 0 Å². The van der Waals surface area contributed by atoms with Crippen LogP contribution in [0.1, 0.15) is 25.1 Å². The first-order valence-electron chi connectivity index (χ1n) is 6.06. The first kappa shape index (κ1) is 10.5. The molecule has 2 N–H and O–H groups in total. The Morgan fingerprint density at radius 1 is 1.53 bits per heavy atom. The zero-order valence-corrected chi connectivity index (χ0v) is 9.86. The van der Waals surface area contributed by atoms with Crippen molar-refractivity contribution in [2.45, 2.75) is 19.3 Å². The Kier molecular flexibility index (Phi) is 2.68. The zero-order chi connectivity index (χ0) is 11.7. The van der Waals surface area contributed by atoms with Gasteiger partial charge < -0.3 is 15.0 Å². The SMILES string of the molecule is CCOc1ccnc2nc(C3CCNC3)[nH]c12. The van der Waals surface area contributed by atoms with E-state index < -0.39 is 0 Å². The lowest BCUT2D eigenvalue weighted by molar-refractivity contribution is 0.343. The predicted octanol–water partition coefficient (Wildman–Crippen LogP) is 1.43. The third-order valence-corrected chi connectivity index (χ3v) is 3.12. The van der Waals surface area contributed by atoms with Crippen molar-refractivity contribution in [3.05, 3.63) is 18.1 Å². The van der Waals surface area contributed by atoms with Crippen molar-refractivity contribution in [1.29, 1.82) is 0 Å². The van der Waals surface area contributed by atoms with Gasteiger partial charge in [-0.15, -0.1) is 0 Å². The molecule has 17 heavy (non-hydrogen) atoms. The standard InChI is InChI=1S/C12H16N4O/c1-2-17-9-4-6-14-12-10(9)15-11(16-12)8-3-5-13-7-8/h4,6,8,13H,2-3,5,7H2,1H3,(H,14,15,16). The molecule has 1 saturated heterocycles. The van der Waals surface area contributed by atoms with Gasteiger partial charge in [0, 0.05) is 24.7 Å². The molecule has 0 radical (unpaired) electrons. The molecule has 0 spiro atoms. The minimum atomic E-state index is 0.471. The van der Waals surface area contributed by atoms with E-state index in [4.69, 9.17) is 4.74 Å². The van der Waals surface area contributed by atoms with Gasteiger partial charge in [0.25, 0.3) is 0 Å². The number of imidazole rings is 1. The Morgan fingerprint density at radius 2 is 2.47 bits per heavy atom. The number of H-pyrrole nitrogens is 1. The van der Waals surface area contributed by atoms with Crippen molar-refractivity contribution >= 4 is 11.2 Å². The van der Waals surface area contributed by atoms with E-state index in [1.165, 1.54) is 0 Å². The third-order valence-electron chi connectivity index (χ3n) is 3.12. The number of hydrogen-bond donors (Lipinski definition) is 2. The molecule has 1 unspecified atom stereocenters. The molecule has 0 aliphatic carbocycles. The third kappa shape index (κ3) is 1.86. The van der Waals surface area contributed by atoms with Crippen LogP contribution in [0, 0.1) is 0 Å². The predicted molar refractivity (Wildman–Crippen MR) is 65.3 cm³/mol. The van der Waals surface area contributed by atoms with Crippen LogP contribution >= 0.6 is 0 Å². The minimum absolute atomic E-state index is 0.471. The van der Waals surface area contributed by atoms with E-state index in [0.717, 1.165) is 42.2 Å². The Labute approximate surface area is 99.6 Å². The van der Waals surface area contributed by atoms with Gasteiger partial charge in [0.05, 0.1) is 6.61 Å². The zero-order valence-electron chi connectivity index (χ0n) is 9.86. The van der Waals surface area contributed by atoms with Gasteiger partial charge in [0.1, 0.15) is 17.1 Å². The first-order valence-corrected chi connectivity index (χ1v) is 6.06. The van der Waals surface area contributed by atoms with E-state index in [0.29, 0.717) is 12.5 Å². The van der Waals surface area contributed by atoms with Crippen molar-refractivity contribution in [1.82, 2.24) is 20.3 Å². The second-order valence-electron chi connectivity index (χ2n) is 4.25. The van der Waals surface area contributed by atoms with Gasteiger partial charge in [-0.2, -0.15) is 0 Å². The summed E-state index contributed by atoms with van der Waals surface area (Å²) in [6.45, 7) is 4.68. The Morgan fingerprint density at radius 3 is 3.24 bits per heavy atom. The highest BCUT2D eigenvalue weighted by molar-refractivity contribution is 5.77. The van der Waals surface area contributed by atoms with Crippen molar-refractivity contribution in [2.75, 3.05) is 19.7 Å². The van der Waals surface area contributed by atoms with E-state index in [9.17, 15) is 0 Å². The fraction of sp³-hybridized carbons (Fsp3) is 0.500. The van der Waals surface area contributed by atoms with Crippen molar-refractivity contribution in [2.24, 2.45) is 0 Å². The van der Waals surface area contributed by atoms with Crippen LogP contribution in [-0.4, -0.2) is 34.6 Å². The highest BCUT2D eigenvalue weighted by Crippen LogP contribution is 2.26. The normalized spacial score (nSPS) is 19.9. The molecular formula is C12H16N4O. The number of ether oxygens (including phenoxy) is 1. The largest absolute Gasteiger partial charge is 0.491 e. The molecule has 1 fully saturated rings. The number of nitrogens with zero attached hydrogens (tertiary/aromatic N) is 2. The summed E-state index contributed by atoms with van der Waals surface area (Å²) in [5.74, 6) is 2.32. The molecule has 0 aromatic carbocycles. The summed E-state index contributed by atoms with van der Waals surface area (Å²) in [4.78, 5) is 12.2. The number of pyridine rings is 1. The maximum Gasteiger partial charge on any atom is 0.181 e. The van der Waals surface area contributed by atoms with Crippen LogP contribution in [0.15, 0.2) is 12.3 Å². The number of nitrogens with one attached hydrogen (secondary N) is 2. The van der Waals surface area contributed by atoms with Gasteiger partial charge in [0.15, 0.2) is 5.65 Å². The molecule has 0 amide bonds. The molecule has 1 atom stereocenters. The first-order chi connectivity index (χ1) is 8.38. The lowest BCUT2D eigenvalue weighted by atomic mass is 10.1. The number of aromatic nitrogens is 3. The van der Waals surface area contributed by atoms with Crippen LogP contribution in [0.4, 0.5) is 0 Å². The van der Waals surface area contributed by atoms with Crippen molar-refractivity contribution in [3.63, 3.8) is 0 Å². The highest BCUT2D eigenvalue weighted by atomic mass is 16.5. The van der Waals surface area contributed by atoms with Gasteiger partial charge in [-0.25, -0.2) is 9.97 Å². The van der Waals surface area contributed by atoms with Gasteiger partial charge in [0.2, 0.25) is 0 Å². The molecule has 0 saturated carbocycles. The average Bonchev–Trinajstić information content (AvgIpc) is 2.98. The smallest absolute Gasteiger partial charge is 0.181 e. The number of aromatic amines is 1. The summed E-state index contributed by atoms with van der Waals surface area (Å²) in [5, 5.41) is 3.34. The lowest BCUT2D eigenvalue weighted by Gasteiger charge is -2.03. The minimum Gasteiger partial charge on any atom is -0.491 e. The number of hydrogen-bond acceptors (Lipinski definition) is 4. The second-order valence-corrected chi connectivity index (χ2v) is 4.25. The summed E-state index contributed by atoms with van der Waals surface area (Å²) in [7, 11) is 0. The highest BCUT2D eigenvalue weighted by Gasteiger charge is 2.21. The van der Waals surface area contributed by atoms with Crippen LogP contribution < -0.4 is 10.1 Å². The number of rotatable bonds is 3. The molecule has 2 aromatic heterocycles. The summed E-state index contributed by atoms with van der Waals surface area (Å²) < 4.78 is 5.57. The van der Waals surface area contributed by atoms with Gasteiger partial charge in [-0.1, -0.05) is 0 Å². The molecule has 3 heterocycles. The fourth-order valence-electron chi connectivity index (χ4n) is 2.26. The van der Waals surface area contributed by atoms with Crippen LogP contribution in [-0.2, 0) is 0 Å². The fourth-order valence-corrected chi connectivity index (χ4v) is 2.26. The van der Waals surface area contributed by atoms with E-state index in [-0.39, 0.29) is 0 Å². The van der Waals surface area contributed by atoms with Gasteiger partial charge in [-0.3, -0.25) is 0 Å². The van der Waals surface area contributed by atoms with Gasteiger partial charge >= 0.3 is 0 Å². The Bertz CT molecular complexity index is 516. The summed E-state index contributed by atoms with van der Waals surface area (Å²) in [5.41, 5.74) is 1.66. The Hall–Kier alpha value is -1.62. The molecular weight excluding hydrogens is 216 g/mol. The van der Waals surface area contributed by atoms with Crippen molar-refractivity contribution in [3.8, 4) is 5.75 Å². The molecule has 90 valence electrons. The molecule has 1 aliphatic heterocycles. The average molecular weight is 232 g/mol. The van der Waals surface area contributed by atoms with E-state index >= 15 is 0 Å². The molecule has 1 aliphatic rings. The van der Waals surface area contributed by atoms with Crippen LogP contribution in [0.3, 0.4) is 0 Å². The molecule has 3 rings (SSSR count).